The molecular formula is C20H25N3O4S. The number of hydrogen-bond acceptors (Lipinski definition) is 5. The van der Waals surface area contributed by atoms with Crippen molar-refractivity contribution in [1.82, 2.24) is 14.2 Å². The first-order chi connectivity index (χ1) is 13.5. The summed E-state index contributed by atoms with van der Waals surface area (Å²) in [4.78, 5) is 19.3. The lowest BCUT2D eigenvalue weighted by atomic mass is 9.98. The topological polar surface area (TPSA) is 79.8 Å². The molecule has 0 bridgehead atoms. The van der Waals surface area contributed by atoms with Gasteiger partial charge in [0.2, 0.25) is 15.9 Å². The summed E-state index contributed by atoms with van der Waals surface area (Å²) in [5.41, 5.74) is 1.63. The predicted molar refractivity (Wildman–Crippen MR) is 105 cm³/mol. The van der Waals surface area contributed by atoms with Crippen LogP contribution in [0.25, 0.3) is 10.9 Å². The number of aryl methyl sites for hydroxylation is 1. The number of sulfonamides is 1. The van der Waals surface area contributed by atoms with Gasteiger partial charge in [-0.25, -0.2) is 8.42 Å². The second-order valence-electron chi connectivity index (χ2n) is 7.42. The van der Waals surface area contributed by atoms with Gasteiger partial charge in [0.15, 0.2) is 0 Å². The van der Waals surface area contributed by atoms with Crippen LogP contribution >= 0.6 is 0 Å². The highest BCUT2D eigenvalue weighted by Crippen LogP contribution is 2.30. The first-order valence-corrected chi connectivity index (χ1v) is 11.1. The van der Waals surface area contributed by atoms with E-state index in [0.717, 1.165) is 12.0 Å². The highest BCUT2D eigenvalue weighted by atomic mass is 32.2. The summed E-state index contributed by atoms with van der Waals surface area (Å²) in [6.45, 7) is 4.83. The monoisotopic (exact) mass is 403 g/mol. The summed E-state index contributed by atoms with van der Waals surface area (Å²) >= 11 is 0. The van der Waals surface area contributed by atoms with Crippen molar-refractivity contribution < 1.29 is 17.9 Å². The third-order valence-electron chi connectivity index (χ3n) is 5.61. The van der Waals surface area contributed by atoms with E-state index in [1.807, 2.05) is 6.92 Å². The Kier molecular flexibility index (Phi) is 5.35. The molecular weight excluding hydrogens is 378 g/mol. The second kappa shape index (κ2) is 7.77. The molecule has 28 heavy (non-hydrogen) atoms. The fourth-order valence-corrected chi connectivity index (χ4v) is 5.76. The Morgan fingerprint density at radius 2 is 1.96 bits per heavy atom. The van der Waals surface area contributed by atoms with Gasteiger partial charge in [-0.3, -0.25) is 9.78 Å². The van der Waals surface area contributed by atoms with Crippen LogP contribution in [0.15, 0.2) is 35.4 Å². The number of carbonyl (C=O) groups excluding carboxylic acids is 1. The molecule has 1 atom stereocenters. The Labute approximate surface area is 165 Å². The maximum absolute atomic E-state index is 13.4. The number of morpholine rings is 1. The Morgan fingerprint density at radius 1 is 1.18 bits per heavy atom. The molecule has 0 N–H and O–H groups in total. The number of aromatic nitrogens is 1. The van der Waals surface area contributed by atoms with Gasteiger partial charge in [0.1, 0.15) is 0 Å². The fourth-order valence-electron chi connectivity index (χ4n) is 4.06. The Morgan fingerprint density at radius 3 is 2.75 bits per heavy atom. The number of fused-ring (bicyclic) bond motifs is 1. The molecule has 2 fully saturated rings. The third-order valence-corrected chi connectivity index (χ3v) is 7.53. The fraction of sp³-hybridized carbons (Fsp3) is 0.500. The molecule has 3 heterocycles. The number of ether oxygens (including phenoxy) is 1. The molecule has 1 amide bonds. The van der Waals surface area contributed by atoms with E-state index in [9.17, 15) is 13.2 Å². The van der Waals surface area contributed by atoms with Gasteiger partial charge >= 0.3 is 0 Å². The Balaban J connectivity index is 1.61. The summed E-state index contributed by atoms with van der Waals surface area (Å²) in [7, 11) is -3.70. The molecule has 0 saturated carbocycles. The van der Waals surface area contributed by atoms with Crippen molar-refractivity contribution in [3.8, 4) is 0 Å². The first kappa shape index (κ1) is 19.3. The molecule has 0 radical (unpaired) electrons. The Bertz CT molecular complexity index is 986. The van der Waals surface area contributed by atoms with Crippen LogP contribution in [-0.4, -0.2) is 67.9 Å². The molecule has 1 aromatic heterocycles. The van der Waals surface area contributed by atoms with E-state index in [0.29, 0.717) is 50.2 Å². The predicted octanol–water partition coefficient (Wildman–Crippen LogP) is 1.80. The van der Waals surface area contributed by atoms with E-state index >= 15 is 0 Å². The van der Waals surface area contributed by atoms with Crippen LogP contribution in [-0.2, 0) is 19.6 Å². The molecule has 8 heteroatoms. The van der Waals surface area contributed by atoms with Crippen molar-refractivity contribution in [2.24, 2.45) is 5.92 Å². The van der Waals surface area contributed by atoms with Crippen LogP contribution in [0.2, 0.25) is 0 Å². The third kappa shape index (κ3) is 3.52. The van der Waals surface area contributed by atoms with E-state index in [1.54, 1.807) is 35.4 Å². The minimum Gasteiger partial charge on any atom is -0.378 e. The molecule has 1 unspecified atom stereocenters. The van der Waals surface area contributed by atoms with Crippen molar-refractivity contribution in [3.63, 3.8) is 0 Å². The van der Waals surface area contributed by atoms with E-state index < -0.39 is 10.0 Å². The Hall–Kier alpha value is -2.03. The van der Waals surface area contributed by atoms with Crippen molar-refractivity contribution in [2.45, 2.75) is 24.7 Å². The second-order valence-corrected chi connectivity index (χ2v) is 9.33. The van der Waals surface area contributed by atoms with Gasteiger partial charge in [0, 0.05) is 37.8 Å². The molecule has 2 saturated heterocycles. The molecule has 0 aliphatic carbocycles. The van der Waals surface area contributed by atoms with Crippen LogP contribution in [0.5, 0.6) is 0 Å². The standard InChI is InChI=1S/C20H25N3O4S/c1-15-6-7-18(17-5-2-8-21-19(15)17)28(25,26)23-9-3-4-16(14-23)20(24)22-10-12-27-13-11-22/h2,5-8,16H,3-4,9-14H2,1H3. The van der Waals surface area contributed by atoms with Crippen LogP contribution in [0, 0.1) is 12.8 Å². The normalized spacial score (nSPS) is 21.8. The summed E-state index contributed by atoms with van der Waals surface area (Å²) in [6.07, 6.45) is 3.07. The van der Waals surface area contributed by atoms with E-state index in [4.69, 9.17) is 4.74 Å². The van der Waals surface area contributed by atoms with Gasteiger partial charge in [0.05, 0.1) is 29.5 Å². The quantitative estimate of drug-likeness (QED) is 0.781. The van der Waals surface area contributed by atoms with E-state index in [-0.39, 0.29) is 23.3 Å². The minimum absolute atomic E-state index is 0.0404. The number of hydrogen-bond donors (Lipinski definition) is 0. The number of amides is 1. The first-order valence-electron chi connectivity index (χ1n) is 9.69. The van der Waals surface area contributed by atoms with Crippen molar-refractivity contribution in [1.29, 1.82) is 0 Å². The molecule has 1 aromatic carbocycles. The molecule has 0 spiro atoms. The average Bonchev–Trinajstić information content (AvgIpc) is 2.74. The van der Waals surface area contributed by atoms with Crippen LogP contribution in [0.3, 0.4) is 0 Å². The number of pyridine rings is 1. The number of piperidine rings is 1. The summed E-state index contributed by atoms with van der Waals surface area (Å²) < 4.78 is 33.6. The van der Waals surface area contributed by atoms with Crippen LogP contribution in [0.4, 0.5) is 0 Å². The zero-order chi connectivity index (χ0) is 19.7. The van der Waals surface area contributed by atoms with Crippen LogP contribution in [0.1, 0.15) is 18.4 Å². The SMILES string of the molecule is Cc1ccc(S(=O)(=O)N2CCCC(C(=O)N3CCOCC3)C2)c2cccnc12. The maximum atomic E-state index is 13.4. The largest absolute Gasteiger partial charge is 0.378 e. The van der Waals surface area contributed by atoms with Crippen LogP contribution < -0.4 is 0 Å². The molecule has 2 aliphatic heterocycles. The van der Waals surface area contributed by atoms with Gasteiger partial charge in [-0.15, -0.1) is 0 Å². The van der Waals surface area contributed by atoms with Crippen molar-refractivity contribution >= 4 is 26.8 Å². The highest BCUT2D eigenvalue weighted by molar-refractivity contribution is 7.89. The lowest BCUT2D eigenvalue weighted by Gasteiger charge is -2.35. The van der Waals surface area contributed by atoms with Gasteiger partial charge in [-0.2, -0.15) is 4.31 Å². The highest BCUT2D eigenvalue weighted by Gasteiger charge is 2.36. The molecule has 150 valence electrons. The smallest absolute Gasteiger partial charge is 0.243 e. The van der Waals surface area contributed by atoms with Gasteiger partial charge in [-0.1, -0.05) is 6.07 Å². The molecule has 2 aliphatic rings. The number of rotatable bonds is 3. The van der Waals surface area contributed by atoms with E-state index in [2.05, 4.69) is 4.98 Å². The lowest BCUT2D eigenvalue weighted by molar-refractivity contribution is -0.140. The lowest BCUT2D eigenvalue weighted by Crippen LogP contribution is -2.49. The maximum Gasteiger partial charge on any atom is 0.243 e. The number of nitrogens with zero attached hydrogens (tertiary/aromatic N) is 3. The summed E-state index contributed by atoms with van der Waals surface area (Å²) in [5, 5.41) is 0.629. The number of carbonyl (C=O) groups is 1. The van der Waals surface area contributed by atoms with Gasteiger partial charge in [0.25, 0.3) is 0 Å². The summed E-state index contributed by atoms with van der Waals surface area (Å²) in [6, 6.07) is 6.99. The summed E-state index contributed by atoms with van der Waals surface area (Å²) in [5.74, 6) is -0.255. The number of benzene rings is 1. The zero-order valence-corrected chi connectivity index (χ0v) is 16.8. The van der Waals surface area contributed by atoms with E-state index in [1.165, 1.54) is 4.31 Å². The van der Waals surface area contributed by atoms with Gasteiger partial charge < -0.3 is 9.64 Å². The molecule has 4 rings (SSSR count). The molecule has 2 aromatic rings. The average molecular weight is 404 g/mol. The van der Waals surface area contributed by atoms with Gasteiger partial charge in [-0.05, 0) is 43.5 Å². The van der Waals surface area contributed by atoms with Crippen molar-refractivity contribution in [2.75, 3.05) is 39.4 Å². The zero-order valence-electron chi connectivity index (χ0n) is 16.0. The van der Waals surface area contributed by atoms with Crippen molar-refractivity contribution in [3.05, 3.63) is 36.0 Å². The molecule has 7 nitrogen and oxygen atoms in total. The minimum atomic E-state index is -3.70.